The molecule has 0 aromatic carbocycles. The average Bonchev–Trinajstić information content (AvgIpc) is 3.13. The summed E-state index contributed by atoms with van der Waals surface area (Å²) in [5.74, 6) is 0.627. The molecule has 0 radical (unpaired) electrons. The number of ether oxygens (including phenoxy) is 1. The SMILES string of the molecule is C=CCO[C@@H](C)C(=O)Nc1nnc(SCc2cccs2)s1. The normalized spacial score (nSPS) is 12.0. The maximum atomic E-state index is 11.8. The molecule has 0 aliphatic heterocycles. The van der Waals surface area contributed by atoms with E-state index in [-0.39, 0.29) is 5.91 Å². The van der Waals surface area contributed by atoms with Crippen molar-refractivity contribution in [3.63, 3.8) is 0 Å². The maximum Gasteiger partial charge on any atom is 0.255 e. The van der Waals surface area contributed by atoms with E-state index >= 15 is 0 Å². The molecule has 2 rings (SSSR count). The monoisotopic (exact) mass is 341 g/mol. The van der Waals surface area contributed by atoms with Crippen LogP contribution in [0.5, 0.6) is 0 Å². The van der Waals surface area contributed by atoms with E-state index in [0.717, 1.165) is 10.1 Å². The van der Waals surface area contributed by atoms with Gasteiger partial charge in [0.2, 0.25) is 5.13 Å². The molecule has 5 nitrogen and oxygen atoms in total. The van der Waals surface area contributed by atoms with Crippen LogP contribution in [0, 0.1) is 0 Å². The van der Waals surface area contributed by atoms with Crippen LogP contribution in [-0.4, -0.2) is 28.8 Å². The van der Waals surface area contributed by atoms with Crippen LogP contribution in [0.15, 0.2) is 34.5 Å². The van der Waals surface area contributed by atoms with Crippen LogP contribution in [0.2, 0.25) is 0 Å². The van der Waals surface area contributed by atoms with Crippen LogP contribution in [0.4, 0.5) is 5.13 Å². The fourth-order valence-electron chi connectivity index (χ4n) is 1.34. The van der Waals surface area contributed by atoms with E-state index in [4.69, 9.17) is 4.74 Å². The minimum Gasteiger partial charge on any atom is -0.365 e. The van der Waals surface area contributed by atoms with Gasteiger partial charge in [0.15, 0.2) is 4.34 Å². The van der Waals surface area contributed by atoms with Gasteiger partial charge in [-0.15, -0.1) is 28.1 Å². The van der Waals surface area contributed by atoms with Crippen LogP contribution in [-0.2, 0) is 15.3 Å². The third-order valence-corrected chi connectivity index (χ3v) is 5.47. The Morgan fingerprint density at radius 1 is 1.62 bits per heavy atom. The van der Waals surface area contributed by atoms with E-state index in [0.29, 0.717) is 11.7 Å². The van der Waals surface area contributed by atoms with Crippen LogP contribution in [0.25, 0.3) is 0 Å². The molecule has 2 heterocycles. The lowest BCUT2D eigenvalue weighted by molar-refractivity contribution is -0.125. The second-order valence-electron chi connectivity index (χ2n) is 3.99. The molecule has 21 heavy (non-hydrogen) atoms. The number of carbonyl (C=O) groups is 1. The fourth-order valence-corrected chi connectivity index (χ4v) is 3.87. The van der Waals surface area contributed by atoms with Gasteiger partial charge in [-0.05, 0) is 18.4 Å². The van der Waals surface area contributed by atoms with E-state index in [1.807, 2.05) is 11.4 Å². The van der Waals surface area contributed by atoms with Gasteiger partial charge in [-0.2, -0.15) is 0 Å². The predicted molar refractivity (Wildman–Crippen MR) is 88.0 cm³/mol. The van der Waals surface area contributed by atoms with Gasteiger partial charge in [0.05, 0.1) is 6.61 Å². The Bertz CT molecular complexity index is 583. The van der Waals surface area contributed by atoms with Gasteiger partial charge in [-0.25, -0.2) is 0 Å². The van der Waals surface area contributed by atoms with Crippen LogP contribution < -0.4 is 5.32 Å². The molecular formula is C13H15N3O2S3. The summed E-state index contributed by atoms with van der Waals surface area (Å²) in [5, 5.41) is 13.3. The molecule has 0 saturated carbocycles. The number of carbonyl (C=O) groups excluding carboxylic acids is 1. The number of thiophene rings is 1. The van der Waals surface area contributed by atoms with Gasteiger partial charge >= 0.3 is 0 Å². The van der Waals surface area contributed by atoms with E-state index in [9.17, 15) is 4.79 Å². The highest BCUT2D eigenvalue weighted by Crippen LogP contribution is 2.29. The van der Waals surface area contributed by atoms with E-state index < -0.39 is 6.10 Å². The zero-order valence-corrected chi connectivity index (χ0v) is 13.9. The Morgan fingerprint density at radius 2 is 2.48 bits per heavy atom. The highest BCUT2D eigenvalue weighted by Gasteiger charge is 2.15. The van der Waals surface area contributed by atoms with Crippen molar-refractivity contribution < 1.29 is 9.53 Å². The molecule has 2 aromatic heterocycles. The highest BCUT2D eigenvalue weighted by molar-refractivity contribution is 8.00. The first-order valence-electron chi connectivity index (χ1n) is 6.21. The number of hydrogen-bond donors (Lipinski definition) is 1. The van der Waals surface area contributed by atoms with Crippen molar-refractivity contribution in [3.05, 3.63) is 35.0 Å². The Kier molecular flexibility index (Phi) is 6.37. The number of thioether (sulfide) groups is 1. The summed E-state index contributed by atoms with van der Waals surface area (Å²) in [6.45, 7) is 5.57. The van der Waals surface area contributed by atoms with Crippen LogP contribution in [0.3, 0.4) is 0 Å². The quantitative estimate of drug-likeness (QED) is 0.453. The smallest absolute Gasteiger partial charge is 0.255 e. The second kappa shape index (κ2) is 8.28. The van der Waals surface area contributed by atoms with Crippen molar-refractivity contribution in [2.24, 2.45) is 0 Å². The topological polar surface area (TPSA) is 64.1 Å². The predicted octanol–water partition coefficient (Wildman–Crippen LogP) is 3.42. The lowest BCUT2D eigenvalue weighted by Crippen LogP contribution is -2.27. The largest absolute Gasteiger partial charge is 0.365 e. The molecule has 112 valence electrons. The first kappa shape index (κ1) is 16.2. The summed E-state index contributed by atoms with van der Waals surface area (Å²) in [5.41, 5.74) is 0. The first-order valence-corrected chi connectivity index (χ1v) is 8.89. The number of anilines is 1. The Hall–Kier alpha value is -1.22. The standard InChI is InChI=1S/C13H15N3O2S3/c1-3-6-18-9(2)11(17)14-12-15-16-13(21-12)20-8-10-5-4-7-19-10/h3-5,7,9H,1,6,8H2,2H3,(H,14,15,17)/t9-/m0/s1. The van der Waals surface area contributed by atoms with Crippen LogP contribution >= 0.6 is 34.4 Å². The van der Waals surface area contributed by atoms with Gasteiger partial charge in [0.1, 0.15) is 6.10 Å². The van der Waals surface area contributed by atoms with E-state index in [2.05, 4.69) is 28.2 Å². The summed E-state index contributed by atoms with van der Waals surface area (Å²) in [4.78, 5) is 13.1. The number of aromatic nitrogens is 2. The van der Waals surface area contributed by atoms with Gasteiger partial charge in [-0.3, -0.25) is 10.1 Å². The number of amides is 1. The molecule has 1 N–H and O–H groups in total. The van der Waals surface area contributed by atoms with Crippen molar-refractivity contribution >= 4 is 45.5 Å². The minimum absolute atomic E-state index is 0.234. The van der Waals surface area contributed by atoms with Crippen molar-refractivity contribution in [1.82, 2.24) is 10.2 Å². The molecule has 8 heteroatoms. The third kappa shape index (κ3) is 5.24. The maximum absolute atomic E-state index is 11.8. The average molecular weight is 341 g/mol. The summed E-state index contributed by atoms with van der Waals surface area (Å²) in [6.07, 6.45) is 1.06. The molecule has 0 unspecified atom stereocenters. The molecule has 1 amide bonds. The summed E-state index contributed by atoms with van der Waals surface area (Å²) >= 11 is 4.68. The first-order chi connectivity index (χ1) is 10.2. The molecule has 0 fully saturated rings. The van der Waals surface area contributed by atoms with Crippen molar-refractivity contribution in [3.8, 4) is 0 Å². The second-order valence-corrected chi connectivity index (χ2v) is 7.23. The van der Waals surface area contributed by atoms with Crippen molar-refractivity contribution in [2.45, 2.75) is 23.1 Å². The Labute approximate surface area is 135 Å². The summed E-state index contributed by atoms with van der Waals surface area (Å²) in [6, 6.07) is 4.11. The van der Waals surface area contributed by atoms with Gasteiger partial charge in [0, 0.05) is 10.6 Å². The highest BCUT2D eigenvalue weighted by atomic mass is 32.2. The zero-order valence-electron chi connectivity index (χ0n) is 11.4. The Morgan fingerprint density at radius 3 is 3.19 bits per heavy atom. The third-order valence-electron chi connectivity index (χ3n) is 2.39. The Balaban J connectivity index is 1.82. The number of nitrogens with one attached hydrogen (secondary N) is 1. The number of hydrogen-bond acceptors (Lipinski definition) is 7. The zero-order chi connectivity index (χ0) is 15.1. The molecule has 0 aliphatic rings. The summed E-state index contributed by atoms with van der Waals surface area (Å²) < 4.78 is 6.08. The summed E-state index contributed by atoms with van der Waals surface area (Å²) in [7, 11) is 0. The molecule has 0 spiro atoms. The molecular weight excluding hydrogens is 326 g/mol. The molecule has 1 atom stereocenters. The lowest BCUT2D eigenvalue weighted by atomic mass is 10.4. The molecule has 0 saturated heterocycles. The van der Waals surface area contributed by atoms with Crippen molar-refractivity contribution in [1.29, 1.82) is 0 Å². The molecule has 0 aliphatic carbocycles. The van der Waals surface area contributed by atoms with E-state index in [1.54, 1.807) is 36.1 Å². The van der Waals surface area contributed by atoms with E-state index in [1.165, 1.54) is 16.2 Å². The lowest BCUT2D eigenvalue weighted by Gasteiger charge is -2.09. The number of nitrogens with zero attached hydrogens (tertiary/aromatic N) is 2. The number of rotatable bonds is 8. The van der Waals surface area contributed by atoms with Crippen LogP contribution in [0.1, 0.15) is 11.8 Å². The fraction of sp³-hybridized carbons (Fsp3) is 0.308. The van der Waals surface area contributed by atoms with Crippen molar-refractivity contribution in [2.75, 3.05) is 11.9 Å². The van der Waals surface area contributed by atoms with Gasteiger partial charge in [0.25, 0.3) is 5.91 Å². The molecule has 2 aromatic rings. The van der Waals surface area contributed by atoms with Gasteiger partial charge in [-0.1, -0.05) is 35.2 Å². The minimum atomic E-state index is -0.547. The molecule has 0 bridgehead atoms. The van der Waals surface area contributed by atoms with Gasteiger partial charge < -0.3 is 4.74 Å².